The summed E-state index contributed by atoms with van der Waals surface area (Å²) < 4.78 is 0.302. The van der Waals surface area contributed by atoms with E-state index in [-0.39, 0.29) is 24.4 Å². The lowest BCUT2D eigenvalue weighted by atomic mass is 9.85. The Morgan fingerprint density at radius 3 is 1.46 bits per heavy atom. The monoisotopic (exact) mass is 387 g/mol. The van der Waals surface area contributed by atoms with Crippen molar-refractivity contribution >= 4 is 20.8 Å². The number of Topliss-reactive ketones (excluding diaryl/α,β-unsaturated/α-hetero) is 2. The van der Waals surface area contributed by atoms with Crippen LogP contribution in [0.4, 0.5) is 0 Å². The molecular weight excluding hydrogens is 345 g/mol. The minimum absolute atomic E-state index is 0.267. The first-order chi connectivity index (χ1) is 12.1. The second-order valence-electron chi connectivity index (χ2n) is 8.46. The molecule has 4 nitrogen and oxygen atoms in total. The smallest absolute Gasteiger partial charge is 0.204 e. The minimum Gasteiger partial charge on any atom is -0.488 e. The maximum atomic E-state index is 12.9. The molecule has 0 spiro atoms. The van der Waals surface area contributed by atoms with Gasteiger partial charge in [-0.2, -0.15) is 0 Å². The molecule has 1 unspecified atom stereocenters. The molecule has 0 saturated carbocycles. The van der Waals surface area contributed by atoms with E-state index in [1.807, 2.05) is 21.1 Å². The molecule has 0 aliphatic rings. The minimum atomic E-state index is -1.94. The fourth-order valence-corrected chi connectivity index (χ4v) is 3.50. The molecule has 0 bridgehead atoms. The van der Waals surface area contributed by atoms with Crippen molar-refractivity contribution in [3.05, 3.63) is 0 Å². The maximum absolute atomic E-state index is 12.9. The number of nitrogens with zero attached hydrogens (tertiary/aromatic N) is 1. The fraction of sp³-hybridized carbons (Fsp3) is 0.905. The first-order valence-corrected chi connectivity index (χ1v) is 11.0. The molecule has 0 aliphatic heterocycles. The number of ketones is 2. The zero-order valence-electron chi connectivity index (χ0n) is 17.8. The predicted octanol–water partition coefficient (Wildman–Crippen LogP) is 4.75. The summed E-state index contributed by atoms with van der Waals surface area (Å²) in [6, 6.07) is 0. The Hall–Kier alpha value is -0.310. The Balaban J connectivity index is 4.94. The third-order valence-corrected chi connectivity index (χ3v) is 6.23. The van der Waals surface area contributed by atoms with Crippen LogP contribution in [0.2, 0.25) is 0 Å². The van der Waals surface area contributed by atoms with Crippen molar-refractivity contribution in [1.29, 1.82) is 0 Å². The highest BCUT2D eigenvalue weighted by Crippen LogP contribution is 2.30. The van der Waals surface area contributed by atoms with E-state index in [1.165, 1.54) is 0 Å². The lowest BCUT2D eigenvalue weighted by Crippen LogP contribution is -2.63. The molecule has 0 radical (unpaired) electrons. The van der Waals surface area contributed by atoms with Crippen LogP contribution < -0.4 is 0 Å². The molecule has 0 aromatic rings. The summed E-state index contributed by atoms with van der Waals surface area (Å²) in [4.78, 5) is 25.7. The quantitative estimate of drug-likeness (QED) is 0.180. The summed E-state index contributed by atoms with van der Waals surface area (Å²) in [5.41, 5.74) is -1.94. The number of quaternary nitrogens is 1. The Morgan fingerprint density at radius 1 is 0.808 bits per heavy atom. The molecule has 0 aliphatic carbocycles. The number of rotatable bonds is 16. The van der Waals surface area contributed by atoms with Crippen molar-refractivity contribution in [3.63, 3.8) is 0 Å². The van der Waals surface area contributed by atoms with Crippen molar-refractivity contribution in [1.82, 2.24) is 0 Å². The Kier molecular flexibility index (Phi) is 12.8. The molecule has 0 saturated heterocycles. The average molecular weight is 388 g/mol. The number of carbonyl (C=O) groups is 2. The summed E-state index contributed by atoms with van der Waals surface area (Å²) in [5.74, 6) is -1.31. The van der Waals surface area contributed by atoms with Gasteiger partial charge in [0.25, 0.3) is 0 Å². The number of hydrogen-bond acceptors (Lipinski definition) is 3. The van der Waals surface area contributed by atoms with Gasteiger partial charge in [0.1, 0.15) is 0 Å². The lowest BCUT2D eigenvalue weighted by molar-refractivity contribution is -0.885. The van der Waals surface area contributed by atoms with Crippen LogP contribution in [0.3, 0.4) is 0 Å². The van der Waals surface area contributed by atoms with Crippen molar-refractivity contribution in [2.24, 2.45) is 0 Å². The zero-order chi connectivity index (χ0) is 20.2. The summed E-state index contributed by atoms with van der Waals surface area (Å²) in [6.45, 7) is 4.30. The summed E-state index contributed by atoms with van der Waals surface area (Å²) >= 11 is 0. The SMILES string of the molecule is CCCCCCCC(=O)C(O)(C(=O)CCCCCCC)C([PH-])[N+](C)(C)C. The number of unbranched alkanes of at least 4 members (excludes halogenated alkanes) is 8. The maximum Gasteiger partial charge on any atom is 0.204 e. The van der Waals surface area contributed by atoms with E-state index < -0.39 is 11.4 Å². The molecule has 1 atom stereocenters. The fourth-order valence-electron chi connectivity index (χ4n) is 3.18. The van der Waals surface area contributed by atoms with E-state index >= 15 is 0 Å². The molecule has 0 heterocycles. The van der Waals surface area contributed by atoms with Crippen LogP contribution in [-0.2, 0) is 9.59 Å². The van der Waals surface area contributed by atoms with E-state index in [1.54, 1.807) is 0 Å². The predicted molar refractivity (Wildman–Crippen MR) is 112 cm³/mol. The van der Waals surface area contributed by atoms with Crippen LogP contribution in [0, 0.1) is 0 Å². The normalized spacial score (nSPS) is 13.7. The summed E-state index contributed by atoms with van der Waals surface area (Å²) in [6.07, 6.45) is 10.8. The molecule has 0 fully saturated rings. The van der Waals surface area contributed by atoms with Crippen molar-refractivity contribution in [3.8, 4) is 0 Å². The van der Waals surface area contributed by atoms with Gasteiger partial charge in [0.05, 0.1) is 21.1 Å². The van der Waals surface area contributed by atoms with E-state index in [0.29, 0.717) is 4.48 Å². The lowest BCUT2D eigenvalue weighted by Gasteiger charge is -2.46. The molecule has 5 heteroatoms. The highest BCUT2D eigenvalue weighted by Gasteiger charge is 2.48. The van der Waals surface area contributed by atoms with Gasteiger partial charge in [0.2, 0.25) is 5.60 Å². The summed E-state index contributed by atoms with van der Waals surface area (Å²) in [7, 11) is 9.17. The summed E-state index contributed by atoms with van der Waals surface area (Å²) in [5, 5.41) is 11.2. The van der Waals surface area contributed by atoms with Gasteiger partial charge in [-0.05, 0) is 12.8 Å². The first-order valence-electron chi connectivity index (χ1n) is 10.4. The van der Waals surface area contributed by atoms with E-state index in [0.717, 1.165) is 64.2 Å². The molecule has 1 N–H and O–H groups in total. The third-order valence-electron chi connectivity index (χ3n) is 5.04. The van der Waals surface area contributed by atoms with Crippen LogP contribution in [0.15, 0.2) is 0 Å². The molecule has 0 rings (SSSR count). The molecule has 0 aromatic heterocycles. The largest absolute Gasteiger partial charge is 0.488 e. The van der Waals surface area contributed by atoms with E-state index in [9.17, 15) is 14.7 Å². The molecule has 0 amide bonds. The molecule has 154 valence electrons. The van der Waals surface area contributed by atoms with Gasteiger partial charge in [-0.1, -0.05) is 65.2 Å². The van der Waals surface area contributed by atoms with Gasteiger partial charge in [-0.15, -0.1) is 0 Å². The topological polar surface area (TPSA) is 54.4 Å². The van der Waals surface area contributed by atoms with Crippen molar-refractivity contribution < 1.29 is 19.2 Å². The van der Waals surface area contributed by atoms with Crippen molar-refractivity contribution in [2.45, 2.75) is 102 Å². The van der Waals surface area contributed by atoms with E-state index in [2.05, 4.69) is 23.1 Å². The molecule has 26 heavy (non-hydrogen) atoms. The van der Waals surface area contributed by atoms with Crippen LogP contribution in [0.25, 0.3) is 0 Å². The Morgan fingerprint density at radius 2 is 1.15 bits per heavy atom. The van der Waals surface area contributed by atoms with Gasteiger partial charge >= 0.3 is 0 Å². The van der Waals surface area contributed by atoms with Gasteiger partial charge in [0.15, 0.2) is 11.6 Å². The zero-order valence-corrected chi connectivity index (χ0v) is 18.8. The second kappa shape index (κ2) is 13.0. The highest BCUT2D eigenvalue weighted by molar-refractivity contribution is 7.17. The highest BCUT2D eigenvalue weighted by atomic mass is 31.0. The third kappa shape index (κ3) is 8.59. The van der Waals surface area contributed by atoms with Crippen LogP contribution in [0.1, 0.15) is 90.9 Å². The molecular formula is C21H42NO3P. The van der Waals surface area contributed by atoms with Gasteiger partial charge in [-0.3, -0.25) is 9.59 Å². The second-order valence-corrected chi connectivity index (χ2v) is 9.01. The van der Waals surface area contributed by atoms with Crippen LogP contribution in [-0.4, -0.2) is 53.7 Å². The number of aliphatic hydroxyl groups is 1. The number of hydrogen-bond donors (Lipinski definition) is 1. The molecule has 0 aromatic carbocycles. The average Bonchev–Trinajstić information content (AvgIpc) is 2.58. The standard InChI is InChI=1S/C21H42NO3P/c1-6-8-10-12-14-16-18(23)21(25,20(26)22(3,4)5)19(24)17-15-13-11-9-7-2/h20,25-26H,6-17H2,1-5H3. The van der Waals surface area contributed by atoms with Crippen molar-refractivity contribution in [2.75, 3.05) is 21.1 Å². The Labute approximate surface area is 163 Å². The van der Waals surface area contributed by atoms with E-state index in [4.69, 9.17) is 0 Å². The van der Waals surface area contributed by atoms with Gasteiger partial charge in [-0.25, -0.2) is 0 Å². The number of likely N-dealkylation sites (N-methyl/N-ethyl adjacent to an activating group) is 1. The van der Waals surface area contributed by atoms with Crippen LogP contribution >= 0.6 is 9.24 Å². The van der Waals surface area contributed by atoms with Gasteiger partial charge < -0.3 is 18.8 Å². The first kappa shape index (κ1) is 25.7. The van der Waals surface area contributed by atoms with Gasteiger partial charge in [0, 0.05) is 18.6 Å². The number of carbonyl (C=O) groups excluding carboxylic acids is 2. The Bertz CT molecular complexity index is 392. The van der Waals surface area contributed by atoms with Crippen LogP contribution in [0.5, 0.6) is 0 Å².